The van der Waals surface area contributed by atoms with Crippen LogP contribution in [0.4, 0.5) is 0 Å². The molecule has 2 heteroatoms. The van der Waals surface area contributed by atoms with Crippen LogP contribution >= 0.6 is 0 Å². The van der Waals surface area contributed by atoms with Gasteiger partial charge < -0.3 is 4.74 Å². The lowest BCUT2D eigenvalue weighted by Crippen LogP contribution is -2.45. The van der Waals surface area contributed by atoms with Crippen molar-refractivity contribution in [2.75, 3.05) is 26.3 Å². The van der Waals surface area contributed by atoms with Gasteiger partial charge in [0.2, 0.25) is 0 Å². The molecule has 0 aromatic rings. The van der Waals surface area contributed by atoms with Gasteiger partial charge in [-0.2, -0.15) is 0 Å². The predicted octanol–water partition coefficient (Wildman–Crippen LogP) is 7.75. The van der Waals surface area contributed by atoms with Crippen LogP contribution in [-0.2, 0) is 4.74 Å². The molecule has 27 heavy (non-hydrogen) atoms. The molecule has 0 saturated carbocycles. The standard InChI is InChI=1S/C25H51NO/c1-3-5-6-7-8-9-10-11-12-13-14-15-16-17-18-19-20-25-24-27-23-22-26(25)21-4-2/h25H,3-24H2,1-2H3. The molecule has 1 rings (SSSR count). The van der Waals surface area contributed by atoms with Gasteiger partial charge in [-0.15, -0.1) is 0 Å². The molecule has 1 aliphatic heterocycles. The number of hydrogen-bond donors (Lipinski definition) is 0. The zero-order chi connectivity index (χ0) is 19.4. The van der Waals surface area contributed by atoms with Crippen molar-refractivity contribution < 1.29 is 4.74 Å². The molecule has 0 N–H and O–H groups in total. The van der Waals surface area contributed by atoms with Gasteiger partial charge in [0.1, 0.15) is 0 Å². The molecule has 1 aliphatic rings. The summed E-state index contributed by atoms with van der Waals surface area (Å²) in [5.41, 5.74) is 0. The van der Waals surface area contributed by atoms with E-state index in [1.54, 1.807) is 0 Å². The smallest absolute Gasteiger partial charge is 0.0622 e. The van der Waals surface area contributed by atoms with Gasteiger partial charge >= 0.3 is 0 Å². The van der Waals surface area contributed by atoms with Gasteiger partial charge in [0.05, 0.1) is 13.2 Å². The third-order valence-corrected chi connectivity index (χ3v) is 6.25. The summed E-state index contributed by atoms with van der Waals surface area (Å²) in [6.45, 7) is 8.91. The molecule has 0 bridgehead atoms. The van der Waals surface area contributed by atoms with Crippen molar-refractivity contribution in [2.45, 2.75) is 135 Å². The first-order valence-corrected chi connectivity index (χ1v) is 12.7. The summed E-state index contributed by atoms with van der Waals surface area (Å²) in [6, 6.07) is 0.699. The monoisotopic (exact) mass is 381 g/mol. The minimum atomic E-state index is 0.699. The minimum Gasteiger partial charge on any atom is -0.378 e. The molecule has 0 aliphatic carbocycles. The maximum absolute atomic E-state index is 5.70. The van der Waals surface area contributed by atoms with Crippen molar-refractivity contribution in [2.24, 2.45) is 0 Å². The van der Waals surface area contributed by atoms with Crippen LogP contribution in [0.5, 0.6) is 0 Å². The van der Waals surface area contributed by atoms with E-state index < -0.39 is 0 Å². The summed E-state index contributed by atoms with van der Waals surface area (Å²) in [7, 11) is 0. The zero-order valence-electron chi connectivity index (χ0n) is 19.0. The Bertz CT molecular complexity index is 292. The second-order valence-corrected chi connectivity index (χ2v) is 8.86. The lowest BCUT2D eigenvalue weighted by Gasteiger charge is -2.35. The molecule has 0 aromatic carbocycles. The SMILES string of the molecule is CCCCCCCCCCCCCCCCCCC1COCCN1CCC. The van der Waals surface area contributed by atoms with E-state index in [9.17, 15) is 0 Å². The van der Waals surface area contributed by atoms with Crippen molar-refractivity contribution in [3.05, 3.63) is 0 Å². The number of nitrogens with zero attached hydrogens (tertiary/aromatic N) is 1. The zero-order valence-corrected chi connectivity index (χ0v) is 19.0. The van der Waals surface area contributed by atoms with E-state index in [2.05, 4.69) is 18.7 Å². The van der Waals surface area contributed by atoms with E-state index in [0.717, 1.165) is 19.8 Å². The molecule has 1 saturated heterocycles. The van der Waals surface area contributed by atoms with Crippen LogP contribution in [0.3, 0.4) is 0 Å². The van der Waals surface area contributed by atoms with Crippen LogP contribution in [0.15, 0.2) is 0 Å². The van der Waals surface area contributed by atoms with E-state index >= 15 is 0 Å². The van der Waals surface area contributed by atoms with Gasteiger partial charge in [0.15, 0.2) is 0 Å². The van der Waals surface area contributed by atoms with Gasteiger partial charge in [0.25, 0.3) is 0 Å². The summed E-state index contributed by atoms with van der Waals surface area (Å²) in [5.74, 6) is 0. The molecule has 162 valence electrons. The van der Waals surface area contributed by atoms with Gasteiger partial charge in [-0.3, -0.25) is 4.90 Å². The number of hydrogen-bond acceptors (Lipinski definition) is 2. The maximum atomic E-state index is 5.70. The normalized spacial score (nSPS) is 18.2. The third kappa shape index (κ3) is 14.6. The molecule has 0 radical (unpaired) electrons. The molecule has 0 spiro atoms. The largest absolute Gasteiger partial charge is 0.378 e. The van der Waals surface area contributed by atoms with Crippen molar-refractivity contribution >= 4 is 0 Å². The van der Waals surface area contributed by atoms with E-state index in [1.807, 2.05) is 0 Å². The second kappa shape index (κ2) is 19.2. The molecule has 1 fully saturated rings. The minimum absolute atomic E-state index is 0.699. The summed E-state index contributed by atoms with van der Waals surface area (Å²) in [5, 5.41) is 0. The van der Waals surface area contributed by atoms with Gasteiger partial charge in [-0.05, 0) is 19.4 Å². The van der Waals surface area contributed by atoms with Crippen LogP contribution in [0.25, 0.3) is 0 Å². The Morgan fingerprint density at radius 2 is 1.11 bits per heavy atom. The number of ether oxygens (including phenoxy) is 1. The Kier molecular flexibility index (Phi) is 17.8. The molecule has 1 heterocycles. The first-order valence-electron chi connectivity index (χ1n) is 12.7. The molecule has 1 unspecified atom stereocenters. The molecular formula is C25H51NO. The van der Waals surface area contributed by atoms with Gasteiger partial charge in [-0.25, -0.2) is 0 Å². The Balaban J connectivity index is 1.77. The Hall–Kier alpha value is -0.0800. The summed E-state index contributed by atoms with van der Waals surface area (Å²) < 4.78 is 5.70. The van der Waals surface area contributed by atoms with Gasteiger partial charge in [-0.1, -0.05) is 117 Å². The lowest BCUT2D eigenvalue weighted by molar-refractivity contribution is -0.0110. The Morgan fingerprint density at radius 3 is 1.59 bits per heavy atom. The van der Waals surface area contributed by atoms with Crippen LogP contribution < -0.4 is 0 Å². The van der Waals surface area contributed by atoms with Crippen LogP contribution in [-0.4, -0.2) is 37.2 Å². The number of unbranched alkanes of at least 4 members (excludes halogenated alkanes) is 15. The molecule has 0 amide bonds. The van der Waals surface area contributed by atoms with Crippen molar-refractivity contribution in [1.82, 2.24) is 4.90 Å². The van der Waals surface area contributed by atoms with Crippen LogP contribution in [0.1, 0.15) is 129 Å². The fourth-order valence-corrected chi connectivity index (χ4v) is 4.46. The van der Waals surface area contributed by atoms with Crippen LogP contribution in [0, 0.1) is 0 Å². The van der Waals surface area contributed by atoms with E-state index in [4.69, 9.17) is 4.74 Å². The maximum Gasteiger partial charge on any atom is 0.0622 e. The quantitative estimate of drug-likeness (QED) is 0.212. The molecule has 2 nitrogen and oxygen atoms in total. The highest BCUT2D eigenvalue weighted by Crippen LogP contribution is 2.17. The molecule has 1 atom stereocenters. The summed E-state index contributed by atoms with van der Waals surface area (Å²) in [4.78, 5) is 2.66. The molecule has 0 aromatic heterocycles. The second-order valence-electron chi connectivity index (χ2n) is 8.86. The van der Waals surface area contributed by atoms with E-state index in [1.165, 1.54) is 122 Å². The Labute approximate surface area is 171 Å². The topological polar surface area (TPSA) is 12.5 Å². The first kappa shape index (κ1) is 25.0. The van der Waals surface area contributed by atoms with E-state index in [-0.39, 0.29) is 0 Å². The summed E-state index contributed by atoms with van der Waals surface area (Å²) >= 11 is 0. The third-order valence-electron chi connectivity index (χ3n) is 6.25. The fourth-order valence-electron chi connectivity index (χ4n) is 4.46. The average molecular weight is 382 g/mol. The number of morpholine rings is 1. The Morgan fingerprint density at radius 1 is 0.630 bits per heavy atom. The van der Waals surface area contributed by atoms with Crippen molar-refractivity contribution in [3.63, 3.8) is 0 Å². The highest BCUT2D eigenvalue weighted by molar-refractivity contribution is 4.74. The highest BCUT2D eigenvalue weighted by atomic mass is 16.5. The predicted molar refractivity (Wildman–Crippen MR) is 121 cm³/mol. The van der Waals surface area contributed by atoms with Crippen molar-refractivity contribution in [3.8, 4) is 0 Å². The number of rotatable bonds is 19. The lowest BCUT2D eigenvalue weighted by atomic mass is 10.0. The highest BCUT2D eigenvalue weighted by Gasteiger charge is 2.21. The summed E-state index contributed by atoms with van der Waals surface area (Å²) in [6.07, 6.45) is 25.9. The van der Waals surface area contributed by atoms with Crippen molar-refractivity contribution in [1.29, 1.82) is 0 Å². The van der Waals surface area contributed by atoms with Crippen LogP contribution in [0.2, 0.25) is 0 Å². The van der Waals surface area contributed by atoms with Gasteiger partial charge in [0, 0.05) is 12.6 Å². The average Bonchev–Trinajstić information content (AvgIpc) is 2.69. The first-order chi connectivity index (χ1) is 13.4. The van der Waals surface area contributed by atoms with E-state index in [0.29, 0.717) is 6.04 Å². The fraction of sp³-hybridized carbons (Fsp3) is 1.00. The molecular weight excluding hydrogens is 330 g/mol.